The van der Waals surface area contributed by atoms with Crippen LogP contribution in [0.3, 0.4) is 0 Å². The second kappa shape index (κ2) is 9.44. The zero-order valence-electron chi connectivity index (χ0n) is 19.4. The number of benzene rings is 2. The van der Waals surface area contributed by atoms with Crippen LogP contribution in [0.25, 0.3) is 16.6 Å². The molecule has 0 spiro atoms. The van der Waals surface area contributed by atoms with Crippen LogP contribution in [0.2, 0.25) is 0 Å². The van der Waals surface area contributed by atoms with Crippen molar-refractivity contribution in [3.05, 3.63) is 104 Å². The van der Waals surface area contributed by atoms with Crippen LogP contribution in [0, 0.1) is 6.92 Å². The molecule has 0 amide bonds. The van der Waals surface area contributed by atoms with Gasteiger partial charge in [0.05, 0.1) is 34.3 Å². The zero-order chi connectivity index (χ0) is 26.2. The minimum atomic E-state index is -4.64. The molecule has 0 aliphatic rings. The lowest BCUT2D eigenvalue weighted by Gasteiger charge is -2.23. The van der Waals surface area contributed by atoms with Gasteiger partial charge in [-0.25, -0.2) is 4.79 Å². The van der Waals surface area contributed by atoms with E-state index in [9.17, 15) is 32.7 Å². The zero-order valence-corrected chi connectivity index (χ0v) is 19.4. The lowest BCUT2D eigenvalue weighted by Crippen LogP contribution is -2.46. The van der Waals surface area contributed by atoms with Crippen LogP contribution in [0.5, 0.6) is 0 Å². The van der Waals surface area contributed by atoms with Crippen LogP contribution >= 0.6 is 0 Å². The van der Waals surface area contributed by atoms with Crippen LogP contribution in [0.4, 0.5) is 13.2 Å². The first-order valence-corrected chi connectivity index (χ1v) is 11.2. The average Bonchev–Trinajstić information content (AvgIpc) is 2.83. The Morgan fingerprint density at radius 1 is 1.11 bits per heavy atom. The number of aryl methyl sites for hydroxylation is 1. The van der Waals surface area contributed by atoms with E-state index in [0.717, 1.165) is 33.8 Å². The van der Waals surface area contributed by atoms with Gasteiger partial charge in [0.1, 0.15) is 0 Å². The summed E-state index contributed by atoms with van der Waals surface area (Å²) >= 11 is 0. The van der Waals surface area contributed by atoms with Crippen molar-refractivity contribution in [2.24, 2.45) is 0 Å². The molecule has 0 aliphatic carbocycles. The predicted octanol–water partition coefficient (Wildman–Crippen LogP) is 3.63. The number of nitrogens with zero attached hydrogens (tertiary/aromatic N) is 3. The Bertz CT molecular complexity index is 1590. The van der Waals surface area contributed by atoms with E-state index in [4.69, 9.17) is 0 Å². The van der Waals surface area contributed by atoms with Crippen LogP contribution < -0.4 is 16.4 Å². The van der Waals surface area contributed by atoms with Crippen molar-refractivity contribution in [1.29, 1.82) is 0 Å². The van der Waals surface area contributed by atoms with Crippen LogP contribution in [-0.2, 0) is 6.18 Å². The number of carbonyl (C=O) groups excluding carboxylic acids is 1. The molecule has 0 saturated carbocycles. The van der Waals surface area contributed by atoms with Crippen molar-refractivity contribution in [3.8, 4) is 5.69 Å². The second-order valence-electron chi connectivity index (χ2n) is 8.41. The van der Waals surface area contributed by atoms with Gasteiger partial charge in [-0.2, -0.15) is 13.2 Å². The van der Waals surface area contributed by atoms with E-state index in [1.54, 1.807) is 31.3 Å². The largest absolute Gasteiger partial charge is 0.545 e. The molecule has 1 unspecified atom stereocenters. The van der Waals surface area contributed by atoms with Crippen molar-refractivity contribution >= 4 is 16.9 Å². The SMILES string of the molecule is CCCC(c1cccc(C(F)(F)F)c1)n1c(=O)c(C(=O)[O-])cn(-c2ccc3c(C)ccnc3c2)c1=O. The number of aromatic nitrogens is 3. The maximum Gasteiger partial charge on any atom is 0.416 e. The number of aromatic carboxylic acids is 1. The highest BCUT2D eigenvalue weighted by molar-refractivity contribution is 5.85. The van der Waals surface area contributed by atoms with Crippen LogP contribution in [-0.4, -0.2) is 20.1 Å². The molecule has 36 heavy (non-hydrogen) atoms. The fourth-order valence-electron chi connectivity index (χ4n) is 4.24. The molecule has 0 bridgehead atoms. The van der Waals surface area contributed by atoms with Gasteiger partial charge in [-0.1, -0.05) is 31.5 Å². The molecule has 0 saturated heterocycles. The third-order valence-corrected chi connectivity index (χ3v) is 6.03. The molecule has 4 rings (SSSR count). The van der Waals surface area contributed by atoms with Crippen LogP contribution in [0.15, 0.2) is 70.5 Å². The van der Waals surface area contributed by atoms with E-state index < -0.39 is 40.6 Å². The minimum absolute atomic E-state index is 0.0590. The lowest BCUT2D eigenvalue weighted by molar-refractivity contribution is -0.255. The summed E-state index contributed by atoms with van der Waals surface area (Å²) in [6, 6.07) is 9.84. The van der Waals surface area contributed by atoms with Crippen molar-refractivity contribution in [2.45, 2.75) is 38.9 Å². The molecule has 1 atom stereocenters. The number of rotatable bonds is 6. The number of fused-ring (bicyclic) bond motifs is 1. The Hall–Kier alpha value is -4.21. The summed E-state index contributed by atoms with van der Waals surface area (Å²) in [5.74, 6) is -1.81. The van der Waals surface area contributed by atoms with E-state index in [2.05, 4.69) is 4.98 Å². The summed E-state index contributed by atoms with van der Waals surface area (Å²) < 4.78 is 41.8. The molecule has 0 N–H and O–H groups in total. The van der Waals surface area contributed by atoms with Crippen molar-refractivity contribution < 1.29 is 23.1 Å². The van der Waals surface area contributed by atoms with Gasteiger partial charge < -0.3 is 9.90 Å². The number of alkyl halides is 3. The second-order valence-corrected chi connectivity index (χ2v) is 8.41. The molecule has 2 heterocycles. The highest BCUT2D eigenvalue weighted by atomic mass is 19.4. The number of carbonyl (C=O) groups is 1. The van der Waals surface area contributed by atoms with Crippen molar-refractivity contribution in [2.75, 3.05) is 0 Å². The smallest absolute Gasteiger partial charge is 0.416 e. The highest BCUT2D eigenvalue weighted by Crippen LogP contribution is 2.32. The molecule has 2 aromatic carbocycles. The number of halogens is 3. The molecule has 0 aliphatic heterocycles. The van der Waals surface area contributed by atoms with Gasteiger partial charge in [0.15, 0.2) is 0 Å². The minimum Gasteiger partial charge on any atom is -0.545 e. The molecule has 4 aromatic rings. The number of carboxylic acid groups (broad SMARTS) is 1. The number of hydrogen-bond donors (Lipinski definition) is 0. The van der Waals surface area contributed by atoms with E-state index in [1.165, 1.54) is 12.1 Å². The number of pyridine rings is 1. The Morgan fingerprint density at radius 2 is 1.86 bits per heavy atom. The summed E-state index contributed by atoms with van der Waals surface area (Å²) in [6.07, 6.45) is -1.65. The van der Waals surface area contributed by atoms with Crippen LogP contribution in [0.1, 0.15) is 52.9 Å². The number of hydrogen-bond acceptors (Lipinski definition) is 5. The maximum atomic E-state index is 13.6. The topological polar surface area (TPSA) is 97.0 Å². The standard InChI is InChI=1S/C26H22F3N3O4/c1-3-5-22(16-6-4-7-17(12-16)26(27,28)29)32-23(33)20(24(34)35)14-31(25(32)36)18-8-9-19-15(2)10-11-30-21(19)13-18/h4,6-14,22H,3,5H2,1-2H3,(H,34,35)/p-1. The first kappa shape index (κ1) is 24.9. The van der Waals surface area contributed by atoms with Gasteiger partial charge in [-0.15, -0.1) is 0 Å². The Balaban J connectivity index is 2.00. The number of carboxylic acids is 1. The summed E-state index contributed by atoms with van der Waals surface area (Å²) in [4.78, 5) is 42.9. The quantitative estimate of drug-likeness (QED) is 0.406. The molecular weight excluding hydrogens is 475 g/mol. The summed E-state index contributed by atoms with van der Waals surface area (Å²) in [7, 11) is 0. The third kappa shape index (κ3) is 4.53. The fraction of sp³-hybridized carbons (Fsp3) is 0.231. The van der Waals surface area contributed by atoms with Gasteiger partial charge in [0, 0.05) is 17.8 Å². The highest BCUT2D eigenvalue weighted by Gasteiger charge is 2.31. The average molecular weight is 496 g/mol. The van der Waals surface area contributed by atoms with Crippen molar-refractivity contribution in [3.63, 3.8) is 0 Å². The van der Waals surface area contributed by atoms with E-state index >= 15 is 0 Å². The molecule has 2 aromatic heterocycles. The van der Waals surface area contributed by atoms with E-state index in [-0.39, 0.29) is 17.7 Å². The molecule has 7 nitrogen and oxygen atoms in total. The first-order valence-electron chi connectivity index (χ1n) is 11.2. The summed E-state index contributed by atoms with van der Waals surface area (Å²) in [6.45, 7) is 3.62. The monoisotopic (exact) mass is 496 g/mol. The van der Waals surface area contributed by atoms with Gasteiger partial charge in [-0.3, -0.25) is 18.9 Å². The summed E-state index contributed by atoms with van der Waals surface area (Å²) in [5, 5.41) is 12.6. The maximum absolute atomic E-state index is 13.6. The molecule has 186 valence electrons. The van der Waals surface area contributed by atoms with Gasteiger partial charge in [0.25, 0.3) is 5.56 Å². The predicted molar refractivity (Wildman–Crippen MR) is 125 cm³/mol. The molecule has 10 heteroatoms. The van der Waals surface area contributed by atoms with E-state index in [1.807, 2.05) is 13.0 Å². The van der Waals surface area contributed by atoms with E-state index in [0.29, 0.717) is 16.5 Å². The van der Waals surface area contributed by atoms with Gasteiger partial charge in [-0.05, 0) is 54.8 Å². The Kier molecular flexibility index (Phi) is 6.53. The normalized spacial score (nSPS) is 12.6. The summed E-state index contributed by atoms with van der Waals surface area (Å²) in [5.41, 5.74) is -2.01. The molecule has 0 fully saturated rings. The Labute approximate surface area is 203 Å². The molecule has 0 radical (unpaired) electrons. The Morgan fingerprint density at radius 3 is 2.53 bits per heavy atom. The van der Waals surface area contributed by atoms with Gasteiger partial charge in [0.2, 0.25) is 0 Å². The third-order valence-electron chi connectivity index (χ3n) is 6.03. The van der Waals surface area contributed by atoms with Crippen molar-refractivity contribution in [1.82, 2.24) is 14.1 Å². The fourth-order valence-corrected chi connectivity index (χ4v) is 4.24. The van der Waals surface area contributed by atoms with Gasteiger partial charge >= 0.3 is 11.9 Å². The first-order chi connectivity index (χ1) is 17.0. The lowest BCUT2D eigenvalue weighted by atomic mass is 9.99. The molecular formula is C26H21F3N3O4-.